The van der Waals surface area contributed by atoms with E-state index >= 15 is 0 Å². The van der Waals surface area contributed by atoms with E-state index in [1.807, 2.05) is 30.3 Å². The SMILES string of the molecule is CC1CCCC2(CN=C(Nc3ccccc3)O2)C1. The van der Waals surface area contributed by atoms with E-state index in [2.05, 4.69) is 17.2 Å². The molecule has 3 rings (SSSR count). The van der Waals surface area contributed by atoms with Crippen LogP contribution in [-0.2, 0) is 4.74 Å². The molecule has 1 aliphatic carbocycles. The number of amidine groups is 1. The van der Waals surface area contributed by atoms with Crippen molar-refractivity contribution in [2.24, 2.45) is 10.9 Å². The summed E-state index contributed by atoms with van der Waals surface area (Å²) < 4.78 is 6.10. The van der Waals surface area contributed by atoms with Gasteiger partial charge in [-0.1, -0.05) is 31.5 Å². The van der Waals surface area contributed by atoms with Gasteiger partial charge in [0.25, 0.3) is 6.02 Å². The molecule has 1 aromatic carbocycles. The fourth-order valence-corrected chi connectivity index (χ4v) is 3.04. The van der Waals surface area contributed by atoms with Gasteiger partial charge in [-0.05, 0) is 37.3 Å². The van der Waals surface area contributed by atoms with Crippen molar-refractivity contribution in [1.82, 2.24) is 0 Å². The van der Waals surface area contributed by atoms with Crippen LogP contribution in [-0.4, -0.2) is 18.2 Å². The fourth-order valence-electron chi connectivity index (χ4n) is 3.04. The maximum atomic E-state index is 6.10. The van der Waals surface area contributed by atoms with E-state index in [1.165, 1.54) is 12.8 Å². The molecule has 3 nitrogen and oxygen atoms in total. The first-order valence-corrected chi connectivity index (χ1v) is 6.81. The molecule has 0 radical (unpaired) electrons. The molecule has 2 atom stereocenters. The van der Waals surface area contributed by atoms with E-state index in [-0.39, 0.29) is 5.60 Å². The van der Waals surface area contributed by atoms with Crippen LogP contribution in [0.25, 0.3) is 0 Å². The molecule has 1 saturated carbocycles. The molecule has 1 heterocycles. The quantitative estimate of drug-likeness (QED) is 0.821. The highest BCUT2D eigenvalue weighted by Gasteiger charge is 2.41. The molecule has 2 unspecified atom stereocenters. The van der Waals surface area contributed by atoms with Crippen LogP contribution in [0.4, 0.5) is 5.69 Å². The van der Waals surface area contributed by atoms with E-state index in [0.29, 0.717) is 6.02 Å². The van der Waals surface area contributed by atoms with Gasteiger partial charge in [0.15, 0.2) is 0 Å². The normalized spacial score (nSPS) is 30.9. The van der Waals surface area contributed by atoms with Gasteiger partial charge in [-0.15, -0.1) is 0 Å². The third-order valence-electron chi connectivity index (χ3n) is 3.90. The van der Waals surface area contributed by atoms with Gasteiger partial charge in [0, 0.05) is 5.69 Å². The standard InChI is InChI=1S/C15H20N2O/c1-12-6-5-9-15(10-12)11-16-14(18-15)17-13-7-3-2-4-8-13/h2-4,7-8,12H,5-6,9-11H2,1H3,(H,16,17). The second-order valence-corrected chi connectivity index (χ2v) is 5.60. The lowest BCUT2D eigenvalue weighted by atomic mass is 9.79. The number of para-hydroxylation sites is 1. The zero-order chi connectivity index (χ0) is 12.4. The summed E-state index contributed by atoms with van der Waals surface area (Å²) in [6.45, 7) is 3.12. The van der Waals surface area contributed by atoms with Gasteiger partial charge in [-0.3, -0.25) is 0 Å². The van der Waals surface area contributed by atoms with Crippen molar-refractivity contribution in [2.45, 2.75) is 38.2 Å². The molecule has 0 amide bonds. The van der Waals surface area contributed by atoms with E-state index < -0.39 is 0 Å². The minimum absolute atomic E-state index is 0.0191. The van der Waals surface area contributed by atoms with Gasteiger partial charge in [-0.2, -0.15) is 0 Å². The molecular weight excluding hydrogens is 224 g/mol. The average molecular weight is 244 g/mol. The Kier molecular flexibility index (Phi) is 2.98. The van der Waals surface area contributed by atoms with Gasteiger partial charge < -0.3 is 10.1 Å². The van der Waals surface area contributed by atoms with Crippen LogP contribution < -0.4 is 5.32 Å². The Morgan fingerprint density at radius 2 is 2.17 bits per heavy atom. The zero-order valence-electron chi connectivity index (χ0n) is 10.9. The molecule has 0 aromatic heterocycles. The highest BCUT2D eigenvalue weighted by atomic mass is 16.5. The van der Waals surface area contributed by atoms with Crippen LogP contribution in [0.1, 0.15) is 32.6 Å². The number of hydrogen-bond acceptors (Lipinski definition) is 3. The Labute approximate surface area is 108 Å². The Morgan fingerprint density at radius 1 is 1.33 bits per heavy atom. The smallest absolute Gasteiger partial charge is 0.289 e. The summed E-state index contributed by atoms with van der Waals surface area (Å²) in [6, 6.07) is 10.8. The van der Waals surface area contributed by atoms with Crippen LogP contribution in [0.5, 0.6) is 0 Å². The number of nitrogens with zero attached hydrogens (tertiary/aromatic N) is 1. The second-order valence-electron chi connectivity index (χ2n) is 5.60. The van der Waals surface area contributed by atoms with Crippen LogP contribution >= 0.6 is 0 Å². The predicted molar refractivity (Wildman–Crippen MR) is 73.8 cm³/mol. The molecule has 1 aliphatic heterocycles. The average Bonchev–Trinajstić information content (AvgIpc) is 2.73. The molecule has 0 saturated heterocycles. The van der Waals surface area contributed by atoms with Crippen molar-refractivity contribution in [2.75, 3.05) is 11.9 Å². The van der Waals surface area contributed by atoms with Crippen molar-refractivity contribution in [1.29, 1.82) is 0 Å². The molecule has 0 bridgehead atoms. The zero-order valence-corrected chi connectivity index (χ0v) is 10.9. The first-order chi connectivity index (χ1) is 8.76. The number of anilines is 1. The molecule has 96 valence electrons. The molecule has 18 heavy (non-hydrogen) atoms. The molecular formula is C15H20N2O. The van der Waals surface area contributed by atoms with Gasteiger partial charge >= 0.3 is 0 Å². The second kappa shape index (κ2) is 4.63. The van der Waals surface area contributed by atoms with Crippen LogP contribution in [0.2, 0.25) is 0 Å². The Morgan fingerprint density at radius 3 is 2.94 bits per heavy atom. The fraction of sp³-hybridized carbons (Fsp3) is 0.533. The number of aliphatic imine (C=N–C) groups is 1. The summed E-state index contributed by atoms with van der Waals surface area (Å²) in [5, 5.41) is 3.26. The lowest BCUT2D eigenvalue weighted by molar-refractivity contribution is 0.0271. The molecule has 2 aliphatic rings. The summed E-state index contributed by atoms with van der Waals surface area (Å²) in [5.41, 5.74) is 1.02. The summed E-state index contributed by atoms with van der Waals surface area (Å²) in [5.74, 6) is 0.755. The Hall–Kier alpha value is -1.51. The highest BCUT2D eigenvalue weighted by molar-refractivity contribution is 5.90. The third-order valence-corrected chi connectivity index (χ3v) is 3.90. The van der Waals surface area contributed by atoms with Gasteiger partial charge in [0.05, 0.1) is 6.54 Å². The van der Waals surface area contributed by atoms with Crippen LogP contribution in [0.3, 0.4) is 0 Å². The number of hydrogen-bond donors (Lipinski definition) is 1. The van der Waals surface area contributed by atoms with E-state index in [0.717, 1.165) is 31.0 Å². The van der Waals surface area contributed by atoms with E-state index in [9.17, 15) is 0 Å². The van der Waals surface area contributed by atoms with Crippen LogP contribution in [0.15, 0.2) is 35.3 Å². The summed E-state index contributed by atoms with van der Waals surface area (Å²) >= 11 is 0. The minimum Gasteiger partial charge on any atom is -0.456 e. The largest absolute Gasteiger partial charge is 0.456 e. The highest BCUT2D eigenvalue weighted by Crippen LogP contribution is 2.38. The maximum absolute atomic E-state index is 6.10. The minimum atomic E-state index is -0.0191. The summed E-state index contributed by atoms with van der Waals surface area (Å²) in [6.07, 6.45) is 4.86. The predicted octanol–water partition coefficient (Wildman–Crippen LogP) is 3.43. The van der Waals surface area contributed by atoms with Crippen molar-refractivity contribution >= 4 is 11.7 Å². The Balaban J connectivity index is 1.64. The van der Waals surface area contributed by atoms with Gasteiger partial charge in [0.2, 0.25) is 0 Å². The topological polar surface area (TPSA) is 33.6 Å². The van der Waals surface area contributed by atoms with Crippen LogP contribution in [0, 0.1) is 5.92 Å². The van der Waals surface area contributed by atoms with E-state index in [4.69, 9.17) is 4.74 Å². The molecule has 3 heteroatoms. The van der Waals surface area contributed by atoms with Gasteiger partial charge in [-0.25, -0.2) is 4.99 Å². The molecule has 1 aromatic rings. The summed E-state index contributed by atoms with van der Waals surface area (Å²) in [7, 11) is 0. The molecule has 1 spiro atoms. The third kappa shape index (κ3) is 2.35. The first-order valence-electron chi connectivity index (χ1n) is 6.81. The number of rotatable bonds is 1. The first kappa shape index (κ1) is 11.6. The van der Waals surface area contributed by atoms with Crippen molar-refractivity contribution < 1.29 is 4.74 Å². The van der Waals surface area contributed by atoms with E-state index in [1.54, 1.807) is 0 Å². The monoisotopic (exact) mass is 244 g/mol. The number of nitrogens with one attached hydrogen (secondary N) is 1. The van der Waals surface area contributed by atoms with Crippen molar-refractivity contribution in [3.63, 3.8) is 0 Å². The number of benzene rings is 1. The Bertz CT molecular complexity index is 443. The lowest BCUT2D eigenvalue weighted by Crippen LogP contribution is -2.39. The van der Waals surface area contributed by atoms with Crippen molar-refractivity contribution in [3.05, 3.63) is 30.3 Å². The lowest BCUT2D eigenvalue weighted by Gasteiger charge is -2.35. The molecule has 1 fully saturated rings. The van der Waals surface area contributed by atoms with Gasteiger partial charge in [0.1, 0.15) is 5.60 Å². The number of ether oxygens (including phenoxy) is 1. The molecule has 1 N–H and O–H groups in total. The summed E-state index contributed by atoms with van der Waals surface area (Å²) in [4.78, 5) is 4.53. The maximum Gasteiger partial charge on any atom is 0.289 e. The van der Waals surface area contributed by atoms with Crippen molar-refractivity contribution in [3.8, 4) is 0 Å².